The van der Waals surface area contributed by atoms with Gasteiger partial charge in [0.2, 0.25) is 0 Å². The lowest BCUT2D eigenvalue weighted by Crippen LogP contribution is -2.26. The maximum Gasteiger partial charge on any atom is 0.0770 e. The lowest BCUT2D eigenvalue weighted by Gasteiger charge is -2.24. The quantitative estimate of drug-likeness (QED) is 0.748. The lowest BCUT2D eigenvalue weighted by molar-refractivity contribution is 0.0964. The van der Waals surface area contributed by atoms with E-state index in [0.29, 0.717) is 6.61 Å². The monoisotopic (exact) mass is 193 g/mol. The predicted octanol–water partition coefficient (Wildman–Crippen LogP) is 2.47. The molecule has 14 heavy (non-hydrogen) atoms. The van der Waals surface area contributed by atoms with Crippen LogP contribution in [0.2, 0.25) is 0 Å². The molecule has 1 aromatic rings. The van der Waals surface area contributed by atoms with E-state index in [0.717, 1.165) is 0 Å². The third-order valence-electron chi connectivity index (χ3n) is 2.45. The van der Waals surface area contributed by atoms with Crippen molar-refractivity contribution in [3.63, 3.8) is 0 Å². The molecule has 1 rings (SSSR count). The first kappa shape index (κ1) is 11.2. The van der Waals surface area contributed by atoms with Crippen molar-refractivity contribution in [3.8, 4) is 0 Å². The van der Waals surface area contributed by atoms with E-state index in [9.17, 15) is 0 Å². The topological polar surface area (TPSA) is 35.2 Å². The molecule has 2 nitrogen and oxygen atoms in total. The van der Waals surface area contributed by atoms with Crippen molar-refractivity contribution in [2.45, 2.75) is 33.1 Å². The molecule has 0 amide bonds. The molecule has 0 unspecified atom stereocenters. The van der Waals surface area contributed by atoms with Gasteiger partial charge in [0.05, 0.1) is 6.61 Å². The van der Waals surface area contributed by atoms with E-state index in [1.54, 1.807) is 0 Å². The molecular formula is C12H19NO. The van der Waals surface area contributed by atoms with Gasteiger partial charge < -0.3 is 4.84 Å². The highest BCUT2D eigenvalue weighted by atomic mass is 16.6. The van der Waals surface area contributed by atoms with Gasteiger partial charge in [-0.1, -0.05) is 43.2 Å². The van der Waals surface area contributed by atoms with Gasteiger partial charge in [0.15, 0.2) is 0 Å². The van der Waals surface area contributed by atoms with Crippen molar-refractivity contribution < 1.29 is 4.84 Å². The number of aryl methyl sites for hydroxylation is 2. The van der Waals surface area contributed by atoms with Gasteiger partial charge in [-0.3, -0.25) is 0 Å². The zero-order chi connectivity index (χ0) is 10.8. The van der Waals surface area contributed by atoms with E-state index >= 15 is 0 Å². The van der Waals surface area contributed by atoms with Gasteiger partial charge in [-0.05, 0) is 19.4 Å². The Hall–Kier alpha value is -0.860. The Kier molecular flexibility index (Phi) is 3.29. The lowest BCUT2D eigenvalue weighted by atomic mass is 9.84. The number of nitrogens with two attached hydrogens (primary N) is 1. The SMILES string of the molecule is Cc1cc(C)cc(C(C)(C)CON)c1. The molecule has 0 aliphatic heterocycles. The zero-order valence-electron chi connectivity index (χ0n) is 9.42. The summed E-state index contributed by atoms with van der Waals surface area (Å²) in [6, 6.07) is 6.54. The second kappa shape index (κ2) is 4.11. The largest absolute Gasteiger partial charge is 0.304 e. The van der Waals surface area contributed by atoms with Crippen molar-refractivity contribution in [1.82, 2.24) is 0 Å². The second-order valence-electron chi connectivity index (χ2n) is 4.57. The fourth-order valence-electron chi connectivity index (χ4n) is 1.66. The van der Waals surface area contributed by atoms with Gasteiger partial charge in [-0.2, -0.15) is 0 Å². The molecular weight excluding hydrogens is 174 g/mol. The minimum atomic E-state index is -0.0223. The van der Waals surface area contributed by atoms with Gasteiger partial charge in [-0.15, -0.1) is 0 Å². The highest BCUT2D eigenvalue weighted by molar-refractivity contribution is 5.33. The summed E-state index contributed by atoms with van der Waals surface area (Å²) in [5.41, 5.74) is 3.82. The fraction of sp³-hybridized carbons (Fsp3) is 0.500. The molecule has 0 atom stereocenters. The fourth-order valence-corrected chi connectivity index (χ4v) is 1.66. The molecule has 1 aromatic carbocycles. The predicted molar refractivity (Wildman–Crippen MR) is 59.1 cm³/mol. The van der Waals surface area contributed by atoms with Crippen LogP contribution in [0, 0.1) is 13.8 Å². The van der Waals surface area contributed by atoms with Crippen LogP contribution in [-0.4, -0.2) is 6.61 Å². The van der Waals surface area contributed by atoms with E-state index in [1.165, 1.54) is 16.7 Å². The Morgan fingerprint density at radius 2 is 1.64 bits per heavy atom. The number of hydrogen-bond donors (Lipinski definition) is 1. The molecule has 0 spiro atoms. The van der Waals surface area contributed by atoms with Crippen molar-refractivity contribution in [1.29, 1.82) is 0 Å². The summed E-state index contributed by atoms with van der Waals surface area (Å²) in [6.07, 6.45) is 0. The van der Waals surface area contributed by atoms with Crippen molar-refractivity contribution in [2.24, 2.45) is 5.90 Å². The molecule has 78 valence electrons. The molecule has 2 heteroatoms. The smallest absolute Gasteiger partial charge is 0.0770 e. The average Bonchev–Trinajstić information content (AvgIpc) is 2.02. The van der Waals surface area contributed by atoms with Gasteiger partial charge in [-0.25, -0.2) is 5.90 Å². The van der Waals surface area contributed by atoms with Gasteiger partial charge in [0, 0.05) is 5.41 Å². The first-order chi connectivity index (χ1) is 6.45. The van der Waals surface area contributed by atoms with Crippen LogP contribution < -0.4 is 5.90 Å². The maximum atomic E-state index is 5.13. The normalized spacial score (nSPS) is 11.8. The Morgan fingerprint density at radius 3 is 2.07 bits per heavy atom. The van der Waals surface area contributed by atoms with Crippen LogP contribution in [0.4, 0.5) is 0 Å². The Bertz CT molecular complexity index is 298. The summed E-state index contributed by atoms with van der Waals surface area (Å²) in [5, 5.41) is 0. The first-order valence-corrected chi connectivity index (χ1v) is 4.86. The molecule has 0 radical (unpaired) electrons. The molecule has 0 saturated heterocycles. The van der Waals surface area contributed by atoms with Crippen molar-refractivity contribution in [3.05, 3.63) is 34.9 Å². The van der Waals surface area contributed by atoms with E-state index in [1.807, 2.05) is 0 Å². The third kappa shape index (κ3) is 2.56. The summed E-state index contributed by atoms with van der Waals surface area (Å²) in [7, 11) is 0. The Morgan fingerprint density at radius 1 is 1.14 bits per heavy atom. The van der Waals surface area contributed by atoms with Crippen LogP contribution in [0.3, 0.4) is 0 Å². The number of hydrogen-bond acceptors (Lipinski definition) is 2. The van der Waals surface area contributed by atoms with Crippen LogP contribution in [0.15, 0.2) is 18.2 Å². The van der Waals surface area contributed by atoms with E-state index < -0.39 is 0 Å². The molecule has 0 aromatic heterocycles. The molecule has 0 aliphatic rings. The molecule has 0 bridgehead atoms. The summed E-state index contributed by atoms with van der Waals surface area (Å²) in [6.45, 7) is 9.02. The van der Waals surface area contributed by atoms with Gasteiger partial charge >= 0.3 is 0 Å². The van der Waals surface area contributed by atoms with Crippen molar-refractivity contribution >= 4 is 0 Å². The van der Waals surface area contributed by atoms with Crippen LogP contribution in [-0.2, 0) is 10.3 Å². The second-order valence-corrected chi connectivity index (χ2v) is 4.57. The first-order valence-electron chi connectivity index (χ1n) is 4.86. The molecule has 0 saturated carbocycles. The van der Waals surface area contributed by atoms with E-state index in [2.05, 4.69) is 45.9 Å². The third-order valence-corrected chi connectivity index (χ3v) is 2.45. The molecule has 0 heterocycles. The average molecular weight is 193 g/mol. The minimum Gasteiger partial charge on any atom is -0.304 e. The summed E-state index contributed by atoms with van der Waals surface area (Å²) in [4.78, 5) is 4.74. The maximum absolute atomic E-state index is 5.13. The molecule has 0 aliphatic carbocycles. The summed E-state index contributed by atoms with van der Waals surface area (Å²) < 4.78 is 0. The summed E-state index contributed by atoms with van der Waals surface area (Å²) in [5.74, 6) is 5.13. The molecule has 0 fully saturated rings. The Labute approximate surface area is 86.0 Å². The van der Waals surface area contributed by atoms with E-state index in [-0.39, 0.29) is 5.41 Å². The van der Waals surface area contributed by atoms with Crippen LogP contribution >= 0.6 is 0 Å². The van der Waals surface area contributed by atoms with Crippen LogP contribution in [0.25, 0.3) is 0 Å². The standard InChI is InChI=1S/C12H19NO/c1-9-5-10(2)7-11(6-9)12(3,4)8-14-13/h5-7H,8,13H2,1-4H3. The van der Waals surface area contributed by atoms with Crippen LogP contribution in [0.5, 0.6) is 0 Å². The summed E-state index contributed by atoms with van der Waals surface area (Å²) >= 11 is 0. The molecule has 2 N–H and O–H groups in total. The van der Waals surface area contributed by atoms with Crippen LogP contribution in [0.1, 0.15) is 30.5 Å². The van der Waals surface area contributed by atoms with E-state index in [4.69, 9.17) is 10.7 Å². The van der Waals surface area contributed by atoms with Crippen molar-refractivity contribution in [2.75, 3.05) is 6.61 Å². The minimum absolute atomic E-state index is 0.0223. The Balaban J connectivity index is 3.05. The highest BCUT2D eigenvalue weighted by Gasteiger charge is 2.20. The van der Waals surface area contributed by atoms with Gasteiger partial charge in [0.1, 0.15) is 0 Å². The number of benzene rings is 1. The van der Waals surface area contributed by atoms with Gasteiger partial charge in [0.25, 0.3) is 0 Å². The highest BCUT2D eigenvalue weighted by Crippen LogP contribution is 2.25. The zero-order valence-corrected chi connectivity index (χ0v) is 9.42. The number of rotatable bonds is 3.